The summed E-state index contributed by atoms with van der Waals surface area (Å²) in [5, 5.41) is 0. The zero-order valence-electron chi connectivity index (χ0n) is 13.7. The number of benzene rings is 2. The van der Waals surface area contributed by atoms with Crippen LogP contribution in [-0.2, 0) is 16.6 Å². The van der Waals surface area contributed by atoms with Gasteiger partial charge in [0.1, 0.15) is 0 Å². The zero-order chi connectivity index (χ0) is 18.3. The van der Waals surface area contributed by atoms with Crippen molar-refractivity contribution < 1.29 is 8.42 Å². The SMILES string of the molecule is O=S(=O)(c1ccc(Br)cc1)N1CCn2cccc2[C@@H]1c1ccc(Br)cc1. The molecule has 0 aliphatic carbocycles. The third-order valence-corrected chi connectivity index (χ3v) is 7.54. The minimum absolute atomic E-state index is 0.308. The summed E-state index contributed by atoms with van der Waals surface area (Å²) in [6.45, 7) is 1.08. The summed E-state index contributed by atoms with van der Waals surface area (Å²) in [6.07, 6.45) is 2.00. The van der Waals surface area contributed by atoms with E-state index in [1.165, 1.54) is 0 Å². The van der Waals surface area contributed by atoms with Crippen molar-refractivity contribution in [2.45, 2.75) is 17.5 Å². The lowest BCUT2D eigenvalue weighted by Crippen LogP contribution is -2.42. The molecule has 1 atom stereocenters. The number of hydrogen-bond acceptors (Lipinski definition) is 2. The molecule has 7 heteroatoms. The molecular formula is C19H16Br2N2O2S. The Hall–Kier alpha value is -1.41. The number of halogens is 2. The molecule has 26 heavy (non-hydrogen) atoms. The molecule has 1 aliphatic heterocycles. The van der Waals surface area contributed by atoms with Crippen LogP contribution in [0.1, 0.15) is 17.3 Å². The Morgan fingerprint density at radius 1 is 0.846 bits per heavy atom. The Kier molecular flexibility index (Phi) is 4.81. The van der Waals surface area contributed by atoms with Crippen molar-refractivity contribution in [2.24, 2.45) is 0 Å². The Morgan fingerprint density at radius 3 is 2.12 bits per heavy atom. The van der Waals surface area contributed by atoms with Gasteiger partial charge in [0.05, 0.1) is 10.9 Å². The van der Waals surface area contributed by atoms with E-state index in [-0.39, 0.29) is 6.04 Å². The molecule has 1 aromatic heterocycles. The lowest BCUT2D eigenvalue weighted by molar-refractivity contribution is 0.298. The quantitative estimate of drug-likeness (QED) is 0.523. The van der Waals surface area contributed by atoms with Gasteiger partial charge in [-0.05, 0) is 54.1 Å². The lowest BCUT2D eigenvalue weighted by atomic mass is 10.0. The molecule has 3 aromatic rings. The predicted octanol–water partition coefficient (Wildman–Crippen LogP) is 4.81. The first-order chi connectivity index (χ1) is 12.5. The van der Waals surface area contributed by atoms with Crippen LogP contribution in [0.2, 0.25) is 0 Å². The molecule has 4 rings (SSSR count). The second-order valence-electron chi connectivity index (χ2n) is 6.15. The van der Waals surface area contributed by atoms with Crippen LogP contribution >= 0.6 is 31.9 Å². The second-order valence-corrected chi connectivity index (χ2v) is 9.87. The Labute approximate surface area is 169 Å². The first kappa shape index (κ1) is 18.0. The second kappa shape index (κ2) is 6.96. The normalized spacial score (nSPS) is 17.8. The highest BCUT2D eigenvalue weighted by Crippen LogP contribution is 2.37. The van der Waals surface area contributed by atoms with Crippen LogP contribution in [0.5, 0.6) is 0 Å². The van der Waals surface area contributed by atoms with E-state index in [1.807, 2.05) is 42.6 Å². The minimum Gasteiger partial charge on any atom is -0.348 e. The van der Waals surface area contributed by atoms with Gasteiger partial charge in [-0.1, -0.05) is 44.0 Å². The fraction of sp³-hybridized carbons (Fsp3) is 0.158. The largest absolute Gasteiger partial charge is 0.348 e. The van der Waals surface area contributed by atoms with Crippen molar-refractivity contribution in [3.8, 4) is 0 Å². The molecule has 134 valence electrons. The van der Waals surface area contributed by atoms with Gasteiger partial charge in [0.25, 0.3) is 0 Å². The molecule has 0 saturated heterocycles. The lowest BCUT2D eigenvalue weighted by Gasteiger charge is -2.36. The van der Waals surface area contributed by atoms with Crippen LogP contribution < -0.4 is 0 Å². The van der Waals surface area contributed by atoms with Crippen molar-refractivity contribution in [1.82, 2.24) is 8.87 Å². The summed E-state index contributed by atoms with van der Waals surface area (Å²) < 4.78 is 32.3. The number of hydrogen-bond donors (Lipinski definition) is 0. The first-order valence-corrected chi connectivity index (χ1v) is 11.2. The molecule has 0 radical (unpaired) electrons. The van der Waals surface area contributed by atoms with Crippen LogP contribution in [0, 0.1) is 0 Å². The summed E-state index contributed by atoms with van der Waals surface area (Å²) in [5.41, 5.74) is 1.94. The van der Waals surface area contributed by atoms with Gasteiger partial charge in [0.15, 0.2) is 0 Å². The van der Waals surface area contributed by atoms with Crippen LogP contribution in [-0.4, -0.2) is 23.8 Å². The maximum Gasteiger partial charge on any atom is 0.244 e. The number of sulfonamides is 1. The summed E-state index contributed by atoms with van der Waals surface area (Å²) in [6, 6.07) is 18.3. The molecule has 0 saturated carbocycles. The molecule has 2 heterocycles. The minimum atomic E-state index is -3.62. The highest BCUT2D eigenvalue weighted by atomic mass is 79.9. The molecule has 0 bridgehead atoms. The molecule has 1 aliphatic rings. The average molecular weight is 496 g/mol. The fourth-order valence-electron chi connectivity index (χ4n) is 3.35. The van der Waals surface area contributed by atoms with Crippen molar-refractivity contribution >= 4 is 41.9 Å². The highest BCUT2D eigenvalue weighted by Gasteiger charge is 2.37. The van der Waals surface area contributed by atoms with E-state index in [9.17, 15) is 8.42 Å². The van der Waals surface area contributed by atoms with Crippen molar-refractivity contribution in [3.63, 3.8) is 0 Å². The third kappa shape index (κ3) is 3.17. The van der Waals surface area contributed by atoms with Crippen LogP contribution in [0.15, 0.2) is 80.7 Å². The molecule has 0 N–H and O–H groups in total. The molecule has 4 nitrogen and oxygen atoms in total. The Morgan fingerprint density at radius 2 is 1.46 bits per heavy atom. The highest BCUT2D eigenvalue weighted by molar-refractivity contribution is 9.10. The monoisotopic (exact) mass is 494 g/mol. The molecule has 0 fully saturated rings. The third-order valence-electron chi connectivity index (χ3n) is 4.60. The summed E-state index contributed by atoms with van der Waals surface area (Å²) in [7, 11) is -3.62. The van der Waals surface area contributed by atoms with Gasteiger partial charge in [-0.15, -0.1) is 0 Å². The number of rotatable bonds is 3. The van der Waals surface area contributed by atoms with Crippen molar-refractivity contribution in [3.05, 3.63) is 87.1 Å². The summed E-state index contributed by atoms with van der Waals surface area (Å²) in [4.78, 5) is 0.308. The smallest absolute Gasteiger partial charge is 0.244 e. The van der Waals surface area contributed by atoms with E-state index >= 15 is 0 Å². The van der Waals surface area contributed by atoms with Gasteiger partial charge >= 0.3 is 0 Å². The molecule has 0 amide bonds. The van der Waals surface area contributed by atoms with Crippen molar-refractivity contribution in [2.75, 3.05) is 6.54 Å². The average Bonchev–Trinajstić information content (AvgIpc) is 3.11. The van der Waals surface area contributed by atoms with Crippen LogP contribution in [0.25, 0.3) is 0 Å². The number of nitrogens with zero attached hydrogens (tertiary/aromatic N) is 2. The standard InChI is InChI=1S/C19H16Br2N2O2S/c20-15-5-3-14(4-6-15)19-18-2-1-11-22(18)12-13-23(19)26(24,25)17-9-7-16(21)8-10-17/h1-11,19H,12-13H2/t19-/m0/s1. The van der Waals surface area contributed by atoms with Gasteiger partial charge in [-0.2, -0.15) is 4.31 Å². The molecular weight excluding hydrogens is 480 g/mol. The molecule has 0 spiro atoms. The van der Waals surface area contributed by atoms with Crippen LogP contribution in [0.4, 0.5) is 0 Å². The van der Waals surface area contributed by atoms with E-state index in [1.54, 1.807) is 28.6 Å². The van der Waals surface area contributed by atoms with Crippen LogP contribution in [0.3, 0.4) is 0 Å². The Bertz CT molecular complexity index is 1030. The van der Waals surface area contributed by atoms with E-state index in [0.717, 1.165) is 20.2 Å². The predicted molar refractivity (Wildman–Crippen MR) is 108 cm³/mol. The van der Waals surface area contributed by atoms with Gasteiger partial charge in [-0.25, -0.2) is 8.42 Å². The fourth-order valence-corrected chi connectivity index (χ4v) is 5.45. The zero-order valence-corrected chi connectivity index (χ0v) is 17.7. The topological polar surface area (TPSA) is 42.3 Å². The number of fused-ring (bicyclic) bond motifs is 1. The van der Waals surface area contributed by atoms with E-state index in [2.05, 4.69) is 36.4 Å². The van der Waals surface area contributed by atoms with Gasteiger partial charge in [0, 0.05) is 33.9 Å². The van der Waals surface area contributed by atoms with Gasteiger partial charge in [0.2, 0.25) is 10.0 Å². The number of aromatic nitrogens is 1. The van der Waals surface area contributed by atoms with E-state index in [0.29, 0.717) is 18.0 Å². The first-order valence-electron chi connectivity index (χ1n) is 8.15. The maximum absolute atomic E-state index is 13.4. The molecule has 0 unspecified atom stereocenters. The van der Waals surface area contributed by atoms with E-state index in [4.69, 9.17) is 0 Å². The Balaban J connectivity index is 1.83. The molecule has 2 aromatic carbocycles. The van der Waals surface area contributed by atoms with Gasteiger partial charge < -0.3 is 4.57 Å². The van der Waals surface area contributed by atoms with E-state index < -0.39 is 10.0 Å². The van der Waals surface area contributed by atoms with Crippen molar-refractivity contribution in [1.29, 1.82) is 0 Å². The summed E-state index contributed by atoms with van der Waals surface area (Å²) in [5.74, 6) is 0. The maximum atomic E-state index is 13.4. The van der Waals surface area contributed by atoms with Gasteiger partial charge in [-0.3, -0.25) is 0 Å². The summed E-state index contributed by atoms with van der Waals surface area (Å²) >= 11 is 6.81.